The van der Waals surface area contributed by atoms with Crippen LogP contribution in [-0.4, -0.2) is 35.3 Å². The first-order chi connectivity index (χ1) is 9.47. The molecule has 0 aromatic rings. The summed E-state index contributed by atoms with van der Waals surface area (Å²) < 4.78 is 23.3. The topological polar surface area (TPSA) is 33.7 Å². The summed E-state index contributed by atoms with van der Waals surface area (Å²) in [6, 6.07) is 0.245. The number of rotatable bonds is 4. The standard InChI is InChI=1S/C13H19BFIN2O2/c1-9-6-18(11(3)17-10(9)2)12-4-5-13(19-7-12)8-20-14(15)16/h6,12-13,17H,2-5,7-8H2,1H3. The first kappa shape index (κ1) is 15.8. The van der Waals surface area contributed by atoms with Crippen LogP contribution >= 0.6 is 22.4 Å². The zero-order valence-electron chi connectivity index (χ0n) is 11.6. The molecular weight excluding hydrogens is 373 g/mol. The third kappa shape index (κ3) is 3.99. The Labute approximate surface area is 133 Å². The number of nitrogens with zero attached hydrogens (tertiary/aromatic N) is 1. The van der Waals surface area contributed by atoms with Gasteiger partial charge < -0.3 is 19.6 Å². The number of halogens is 2. The SMILES string of the molecule is C=C1NC(=C)N(C2CCC(COB(F)I)OC2)C=C1C. The van der Waals surface area contributed by atoms with Crippen molar-refractivity contribution in [2.24, 2.45) is 0 Å². The predicted molar refractivity (Wildman–Crippen MR) is 86.6 cm³/mol. The van der Waals surface area contributed by atoms with Gasteiger partial charge >= 0.3 is 5.05 Å². The van der Waals surface area contributed by atoms with E-state index < -0.39 is 5.05 Å². The van der Waals surface area contributed by atoms with Gasteiger partial charge in [-0.15, -0.1) is 0 Å². The second-order valence-electron chi connectivity index (χ2n) is 5.05. The summed E-state index contributed by atoms with van der Waals surface area (Å²) in [5.74, 6) is 0.819. The summed E-state index contributed by atoms with van der Waals surface area (Å²) in [4.78, 5) is 2.09. The van der Waals surface area contributed by atoms with Gasteiger partial charge in [0, 0.05) is 11.9 Å². The summed E-state index contributed by atoms with van der Waals surface area (Å²) in [5.41, 5.74) is 1.97. The van der Waals surface area contributed by atoms with Crippen molar-refractivity contribution in [1.29, 1.82) is 0 Å². The van der Waals surface area contributed by atoms with E-state index in [-0.39, 0.29) is 12.1 Å². The monoisotopic (exact) mass is 392 g/mol. The van der Waals surface area contributed by atoms with E-state index in [1.54, 1.807) is 22.4 Å². The minimum atomic E-state index is -1.27. The molecule has 0 spiro atoms. The average molecular weight is 392 g/mol. The van der Waals surface area contributed by atoms with E-state index in [0.29, 0.717) is 13.2 Å². The van der Waals surface area contributed by atoms with Gasteiger partial charge in [0.15, 0.2) is 0 Å². The normalized spacial score (nSPS) is 27.1. The molecule has 0 aromatic carbocycles. The molecule has 20 heavy (non-hydrogen) atoms. The van der Waals surface area contributed by atoms with Crippen LogP contribution in [0.15, 0.2) is 36.4 Å². The molecule has 2 aliphatic heterocycles. The van der Waals surface area contributed by atoms with Gasteiger partial charge in [0.05, 0.1) is 25.4 Å². The molecule has 2 heterocycles. The minimum absolute atomic E-state index is 0.0228. The zero-order chi connectivity index (χ0) is 14.7. The van der Waals surface area contributed by atoms with Crippen molar-refractivity contribution in [3.05, 3.63) is 36.4 Å². The van der Waals surface area contributed by atoms with E-state index in [4.69, 9.17) is 9.39 Å². The molecule has 0 saturated carbocycles. The number of nitrogens with one attached hydrogen (secondary N) is 1. The lowest BCUT2D eigenvalue weighted by atomic mass is 10.0. The Kier molecular flexibility index (Phi) is 5.51. The molecule has 1 fully saturated rings. The maximum atomic E-state index is 12.6. The van der Waals surface area contributed by atoms with Gasteiger partial charge in [-0.05, 0) is 25.3 Å². The molecule has 2 atom stereocenters. The van der Waals surface area contributed by atoms with Crippen LogP contribution in [-0.2, 0) is 9.39 Å². The molecule has 2 aliphatic rings. The number of hydrogen-bond donors (Lipinski definition) is 1. The van der Waals surface area contributed by atoms with Crippen LogP contribution in [0.5, 0.6) is 0 Å². The molecule has 2 rings (SSSR count). The highest BCUT2D eigenvalue weighted by molar-refractivity contribution is 14.1. The molecule has 0 aromatic heterocycles. The van der Waals surface area contributed by atoms with Crippen molar-refractivity contribution in [1.82, 2.24) is 10.2 Å². The second-order valence-corrected chi connectivity index (χ2v) is 6.03. The molecule has 110 valence electrons. The zero-order valence-corrected chi connectivity index (χ0v) is 13.7. The van der Waals surface area contributed by atoms with E-state index >= 15 is 0 Å². The largest absolute Gasteiger partial charge is 0.571 e. The molecule has 0 bridgehead atoms. The Balaban J connectivity index is 1.87. The first-order valence-electron chi connectivity index (χ1n) is 6.60. The fourth-order valence-corrected chi connectivity index (χ4v) is 2.56. The van der Waals surface area contributed by atoms with Gasteiger partial charge in [0.2, 0.25) is 0 Å². The molecule has 4 nitrogen and oxygen atoms in total. The number of ether oxygens (including phenoxy) is 1. The molecular formula is C13H19BFIN2O2. The molecule has 1 N–H and O–H groups in total. The molecule has 1 saturated heterocycles. The van der Waals surface area contributed by atoms with Crippen LogP contribution in [0.2, 0.25) is 0 Å². The van der Waals surface area contributed by atoms with Gasteiger partial charge in [-0.25, -0.2) is 0 Å². The Morgan fingerprint density at radius 1 is 1.60 bits per heavy atom. The first-order valence-corrected chi connectivity index (χ1v) is 7.85. The van der Waals surface area contributed by atoms with Gasteiger partial charge in [-0.3, -0.25) is 4.32 Å². The van der Waals surface area contributed by atoms with Gasteiger partial charge in [0.25, 0.3) is 0 Å². The van der Waals surface area contributed by atoms with Crippen molar-refractivity contribution in [2.45, 2.75) is 31.9 Å². The number of hydrogen-bond acceptors (Lipinski definition) is 4. The van der Waals surface area contributed by atoms with E-state index in [1.165, 1.54) is 0 Å². The van der Waals surface area contributed by atoms with Crippen LogP contribution in [0, 0.1) is 0 Å². The van der Waals surface area contributed by atoms with Crippen molar-refractivity contribution >= 4 is 27.4 Å². The lowest BCUT2D eigenvalue weighted by Gasteiger charge is -2.40. The van der Waals surface area contributed by atoms with Crippen molar-refractivity contribution in [3.8, 4) is 0 Å². The van der Waals surface area contributed by atoms with Crippen molar-refractivity contribution in [3.63, 3.8) is 0 Å². The Morgan fingerprint density at radius 3 is 2.95 bits per heavy atom. The summed E-state index contributed by atoms with van der Waals surface area (Å²) >= 11 is 1.60. The van der Waals surface area contributed by atoms with E-state index in [1.807, 2.05) is 6.92 Å². The predicted octanol–water partition coefficient (Wildman–Crippen LogP) is 2.73. The number of allylic oxidation sites excluding steroid dienone is 1. The van der Waals surface area contributed by atoms with Crippen LogP contribution in [0.25, 0.3) is 0 Å². The van der Waals surface area contributed by atoms with Crippen LogP contribution < -0.4 is 5.32 Å². The molecule has 0 amide bonds. The van der Waals surface area contributed by atoms with Crippen molar-refractivity contribution in [2.75, 3.05) is 13.2 Å². The Hall–Kier alpha value is -0.535. The average Bonchev–Trinajstić information content (AvgIpc) is 2.41. The Morgan fingerprint density at radius 2 is 2.35 bits per heavy atom. The van der Waals surface area contributed by atoms with E-state index in [2.05, 4.69) is 29.6 Å². The lowest BCUT2D eigenvalue weighted by molar-refractivity contribution is -0.0424. The molecule has 2 unspecified atom stereocenters. The fraction of sp³-hybridized carbons (Fsp3) is 0.538. The lowest BCUT2D eigenvalue weighted by Crippen LogP contribution is -2.45. The summed E-state index contributed by atoms with van der Waals surface area (Å²) in [6.07, 6.45) is 3.84. The van der Waals surface area contributed by atoms with Crippen LogP contribution in [0.1, 0.15) is 19.8 Å². The van der Waals surface area contributed by atoms with Crippen molar-refractivity contribution < 1.29 is 13.7 Å². The fourth-order valence-electron chi connectivity index (χ4n) is 2.35. The molecule has 0 radical (unpaired) electrons. The maximum absolute atomic E-state index is 12.6. The Bertz CT molecular complexity index is 423. The highest BCUT2D eigenvalue weighted by atomic mass is 127. The summed E-state index contributed by atoms with van der Waals surface area (Å²) in [7, 11) is 0. The second kappa shape index (κ2) is 6.95. The third-order valence-electron chi connectivity index (χ3n) is 3.56. The van der Waals surface area contributed by atoms with Crippen LogP contribution in [0.3, 0.4) is 0 Å². The minimum Gasteiger partial charge on any atom is -0.397 e. The third-order valence-corrected chi connectivity index (χ3v) is 3.92. The highest BCUT2D eigenvalue weighted by Gasteiger charge is 2.29. The van der Waals surface area contributed by atoms with E-state index in [0.717, 1.165) is 29.9 Å². The molecule has 0 aliphatic carbocycles. The van der Waals surface area contributed by atoms with Gasteiger partial charge in [-0.2, -0.15) is 0 Å². The smallest absolute Gasteiger partial charge is 0.397 e. The quantitative estimate of drug-likeness (QED) is 0.590. The molecule has 7 heteroatoms. The summed E-state index contributed by atoms with van der Waals surface area (Å²) in [6.45, 7) is 10.8. The highest BCUT2D eigenvalue weighted by Crippen LogP contribution is 2.25. The van der Waals surface area contributed by atoms with Crippen LogP contribution in [0.4, 0.5) is 4.32 Å². The van der Waals surface area contributed by atoms with Gasteiger partial charge in [0.1, 0.15) is 5.82 Å². The van der Waals surface area contributed by atoms with Gasteiger partial charge in [-0.1, -0.05) is 35.5 Å². The van der Waals surface area contributed by atoms with E-state index in [9.17, 15) is 4.32 Å². The maximum Gasteiger partial charge on any atom is 0.571 e. The summed E-state index contributed by atoms with van der Waals surface area (Å²) in [5, 5.41) is 1.90.